The second-order valence-electron chi connectivity index (χ2n) is 6.77. The molecule has 0 amide bonds. The fourth-order valence-electron chi connectivity index (χ4n) is 3.27. The molecule has 0 aliphatic rings. The first-order valence-corrected chi connectivity index (χ1v) is 11.9. The molecule has 4 aromatic rings. The predicted molar refractivity (Wildman–Crippen MR) is 117 cm³/mol. The molecule has 4 rings (SSSR count). The van der Waals surface area contributed by atoms with Gasteiger partial charge in [0, 0.05) is 11.1 Å². The quantitative estimate of drug-likeness (QED) is 0.297. The second-order valence-corrected chi connectivity index (χ2v) is 8.56. The van der Waals surface area contributed by atoms with E-state index in [1.807, 2.05) is 12.1 Å². The molecule has 2 aromatic heterocycles. The third-order valence-corrected chi connectivity index (χ3v) is 5.58. The number of H-pyrrole nitrogens is 2. The van der Waals surface area contributed by atoms with Crippen LogP contribution in [0.25, 0.3) is 22.5 Å². The van der Waals surface area contributed by atoms with E-state index in [2.05, 4.69) is 19.9 Å². The molecule has 11 heteroatoms. The van der Waals surface area contributed by atoms with Gasteiger partial charge in [-0.2, -0.15) is 0 Å². The lowest BCUT2D eigenvalue weighted by molar-refractivity contribution is 0.103. The molecular weight excluding hydrogens is 452 g/mol. The van der Waals surface area contributed by atoms with Crippen LogP contribution in [0.1, 0.15) is 27.8 Å². The number of rotatable bonds is 8. The smallest absolute Gasteiger partial charge is 0.229 e. The largest absolute Gasteiger partial charge is 0.772 e. The highest BCUT2D eigenvalue weighted by atomic mass is 32.2. The van der Waals surface area contributed by atoms with Gasteiger partial charge in [-0.25, -0.2) is 9.97 Å². The average Bonchev–Trinajstić information content (AvgIpc) is 3.38. The molecule has 0 aliphatic heterocycles. The Morgan fingerprint density at radius 1 is 0.719 bits per heavy atom. The molecule has 0 saturated heterocycles. The van der Waals surface area contributed by atoms with Gasteiger partial charge in [0.1, 0.15) is 23.0 Å². The number of aromatic nitrogens is 4. The summed E-state index contributed by atoms with van der Waals surface area (Å²) in [5, 5.41) is 0. The van der Waals surface area contributed by atoms with Gasteiger partial charge in [0.2, 0.25) is 5.78 Å². The number of hydrogen-bond acceptors (Lipinski definition) is 7. The SMILES string of the molecule is O=C(c1[nH]c(CS(=O)[O-])nc1-c1ccccc1)c1[nH]c(CS(=O)[O-])nc1-c1ccccc1. The van der Waals surface area contributed by atoms with Crippen molar-refractivity contribution in [1.82, 2.24) is 19.9 Å². The Bertz CT molecular complexity index is 1200. The fourth-order valence-corrected chi connectivity index (χ4v) is 3.99. The number of hydrogen-bond donors (Lipinski definition) is 2. The third kappa shape index (κ3) is 4.81. The highest BCUT2D eigenvalue weighted by molar-refractivity contribution is 7.78. The number of carbonyl (C=O) groups excluding carboxylic acids is 1. The monoisotopic (exact) mass is 468 g/mol. The maximum absolute atomic E-state index is 13.6. The normalized spacial score (nSPS) is 13.1. The van der Waals surface area contributed by atoms with Crippen molar-refractivity contribution in [2.45, 2.75) is 11.5 Å². The molecule has 0 aliphatic carbocycles. The van der Waals surface area contributed by atoms with Crippen molar-refractivity contribution in [2.24, 2.45) is 0 Å². The molecule has 0 fully saturated rings. The van der Waals surface area contributed by atoms with Crippen molar-refractivity contribution < 1.29 is 22.3 Å². The van der Waals surface area contributed by atoms with E-state index in [0.717, 1.165) is 0 Å². The molecule has 2 aromatic carbocycles. The van der Waals surface area contributed by atoms with Crippen molar-refractivity contribution in [2.75, 3.05) is 0 Å². The standard InChI is InChI=1S/C21H18N4O5S2/c26-21(19-17(13-7-3-1-4-8-13)22-15(24-19)11-31(27)28)20-18(14-9-5-2-6-10-14)23-16(25-20)12-32(29)30/h1-10H,11-12H2,(H,22,24)(H,23,25)(H,27,28)(H,29,30)/p-2. The summed E-state index contributed by atoms with van der Waals surface area (Å²) < 4.78 is 44.8. The van der Waals surface area contributed by atoms with Crippen LogP contribution >= 0.6 is 0 Å². The molecule has 0 spiro atoms. The number of carbonyl (C=O) groups is 1. The predicted octanol–water partition coefficient (Wildman–Crippen LogP) is 2.46. The van der Waals surface area contributed by atoms with Gasteiger partial charge in [-0.3, -0.25) is 13.2 Å². The van der Waals surface area contributed by atoms with Crippen LogP contribution < -0.4 is 0 Å². The zero-order valence-corrected chi connectivity index (χ0v) is 18.1. The third-order valence-electron chi connectivity index (χ3n) is 4.56. The van der Waals surface area contributed by atoms with Crippen LogP contribution in [0.3, 0.4) is 0 Å². The van der Waals surface area contributed by atoms with E-state index in [1.165, 1.54) is 0 Å². The first kappa shape index (κ1) is 22.0. The minimum Gasteiger partial charge on any atom is -0.772 e. The van der Waals surface area contributed by atoms with Gasteiger partial charge < -0.3 is 19.1 Å². The Hall–Kier alpha value is -3.25. The maximum Gasteiger partial charge on any atom is 0.229 e. The summed E-state index contributed by atoms with van der Waals surface area (Å²) in [6, 6.07) is 17.7. The van der Waals surface area contributed by atoms with Crippen molar-refractivity contribution in [1.29, 1.82) is 0 Å². The number of ketones is 1. The van der Waals surface area contributed by atoms with Crippen molar-refractivity contribution >= 4 is 27.9 Å². The van der Waals surface area contributed by atoms with Gasteiger partial charge in [0.15, 0.2) is 0 Å². The summed E-state index contributed by atoms with van der Waals surface area (Å²) >= 11 is -4.81. The zero-order chi connectivity index (χ0) is 22.7. The number of benzene rings is 2. The molecule has 32 heavy (non-hydrogen) atoms. The van der Waals surface area contributed by atoms with Crippen LogP contribution in [-0.4, -0.2) is 43.2 Å². The number of nitrogens with one attached hydrogen (secondary N) is 2. The molecule has 0 bridgehead atoms. The highest BCUT2D eigenvalue weighted by Gasteiger charge is 2.25. The van der Waals surface area contributed by atoms with Gasteiger partial charge in [-0.05, 0) is 22.2 Å². The van der Waals surface area contributed by atoms with Crippen LogP contribution in [0, 0.1) is 0 Å². The Kier molecular flexibility index (Phi) is 6.51. The maximum atomic E-state index is 13.6. The Balaban J connectivity index is 1.85. The van der Waals surface area contributed by atoms with Crippen LogP contribution in [0.15, 0.2) is 60.7 Å². The molecule has 0 radical (unpaired) electrons. The van der Waals surface area contributed by atoms with E-state index >= 15 is 0 Å². The average molecular weight is 469 g/mol. The Morgan fingerprint density at radius 2 is 1.09 bits per heavy atom. The molecule has 9 nitrogen and oxygen atoms in total. The van der Waals surface area contributed by atoms with Gasteiger partial charge in [0.05, 0.1) is 22.9 Å². The van der Waals surface area contributed by atoms with Crippen LogP contribution in [-0.2, 0) is 33.7 Å². The summed E-state index contributed by atoms with van der Waals surface area (Å²) in [5.74, 6) is -1.07. The molecule has 2 atom stereocenters. The van der Waals surface area contributed by atoms with Gasteiger partial charge in [0.25, 0.3) is 0 Å². The lowest BCUT2D eigenvalue weighted by Crippen LogP contribution is -2.07. The second kappa shape index (κ2) is 9.49. The van der Waals surface area contributed by atoms with E-state index in [4.69, 9.17) is 0 Å². The molecule has 164 valence electrons. The minimum atomic E-state index is -2.41. The number of aromatic amines is 2. The first-order chi connectivity index (χ1) is 15.4. The minimum absolute atomic E-state index is 0.0762. The van der Waals surface area contributed by atoms with E-state index in [0.29, 0.717) is 22.5 Å². The molecule has 2 N–H and O–H groups in total. The summed E-state index contributed by atoms with van der Waals surface area (Å²) in [4.78, 5) is 27.9. The summed E-state index contributed by atoms with van der Waals surface area (Å²) in [6.07, 6.45) is 0. The number of nitrogens with zero attached hydrogens (tertiary/aromatic N) is 2. The van der Waals surface area contributed by atoms with E-state index in [9.17, 15) is 22.3 Å². The van der Waals surface area contributed by atoms with Gasteiger partial charge in [-0.1, -0.05) is 60.7 Å². The first-order valence-electron chi connectivity index (χ1n) is 9.37. The van der Waals surface area contributed by atoms with Gasteiger partial charge in [-0.15, -0.1) is 0 Å². The summed E-state index contributed by atoms with van der Waals surface area (Å²) in [7, 11) is 0. The lowest BCUT2D eigenvalue weighted by Gasteiger charge is -2.04. The molecule has 0 saturated carbocycles. The Morgan fingerprint density at radius 3 is 1.44 bits per heavy atom. The van der Waals surface area contributed by atoms with Crippen molar-refractivity contribution in [3.05, 3.63) is 83.7 Å². The van der Waals surface area contributed by atoms with Crippen molar-refractivity contribution in [3.63, 3.8) is 0 Å². The van der Waals surface area contributed by atoms with E-state index in [-0.39, 0.29) is 34.5 Å². The Labute approximate surface area is 187 Å². The lowest BCUT2D eigenvalue weighted by atomic mass is 10.0. The zero-order valence-electron chi connectivity index (χ0n) is 16.4. The molecule has 2 unspecified atom stereocenters. The highest BCUT2D eigenvalue weighted by Crippen LogP contribution is 2.28. The van der Waals surface area contributed by atoms with Crippen LogP contribution in [0.5, 0.6) is 0 Å². The van der Waals surface area contributed by atoms with Crippen molar-refractivity contribution in [3.8, 4) is 22.5 Å². The van der Waals surface area contributed by atoms with E-state index in [1.54, 1.807) is 48.5 Å². The fraction of sp³-hybridized carbons (Fsp3) is 0.0952. The topological polar surface area (TPSA) is 155 Å². The summed E-state index contributed by atoms with van der Waals surface area (Å²) in [5.41, 5.74) is 1.98. The van der Waals surface area contributed by atoms with Crippen LogP contribution in [0.2, 0.25) is 0 Å². The van der Waals surface area contributed by atoms with Crippen LogP contribution in [0.4, 0.5) is 0 Å². The molecular formula is C21H16N4O5S2-2. The van der Waals surface area contributed by atoms with Gasteiger partial charge >= 0.3 is 0 Å². The van der Waals surface area contributed by atoms with E-state index < -0.39 is 27.9 Å². The summed E-state index contributed by atoms with van der Waals surface area (Å²) in [6.45, 7) is 0. The molecule has 2 heterocycles. The number of imidazole rings is 2.